The predicted octanol–water partition coefficient (Wildman–Crippen LogP) is 3.36. The first-order chi connectivity index (χ1) is 7.22. The summed E-state index contributed by atoms with van der Waals surface area (Å²) in [6.45, 7) is 3.11. The predicted molar refractivity (Wildman–Crippen MR) is 67.8 cm³/mol. The quantitative estimate of drug-likeness (QED) is 0.776. The summed E-state index contributed by atoms with van der Waals surface area (Å²) in [6, 6.07) is 2.55. The Bertz CT molecular complexity index is 356. The molecule has 1 atom stereocenters. The molecule has 1 aliphatic rings. The minimum absolute atomic E-state index is 0.443. The molecule has 1 aliphatic heterocycles. The van der Waals surface area contributed by atoms with Crippen LogP contribution >= 0.6 is 27.5 Å². The molecular weight excluding hydrogens is 275 g/mol. The van der Waals surface area contributed by atoms with Crippen LogP contribution in [0.4, 0.5) is 5.82 Å². The maximum atomic E-state index is 5.95. The molecule has 1 aromatic rings. The minimum atomic E-state index is 0.443. The second-order valence-corrected chi connectivity index (χ2v) is 5.12. The molecule has 2 heterocycles. The Morgan fingerprint density at radius 2 is 2.47 bits per heavy atom. The number of rotatable bonds is 2. The summed E-state index contributed by atoms with van der Waals surface area (Å²) in [5, 5.41) is 0. The van der Waals surface area contributed by atoms with Gasteiger partial charge >= 0.3 is 0 Å². The topological polar surface area (TPSA) is 16.1 Å². The van der Waals surface area contributed by atoms with Gasteiger partial charge in [0.1, 0.15) is 5.82 Å². The number of aryl methyl sites for hydroxylation is 1. The Morgan fingerprint density at radius 1 is 1.67 bits per heavy atom. The maximum Gasteiger partial charge on any atom is 0.143 e. The molecule has 4 heteroatoms. The van der Waals surface area contributed by atoms with E-state index in [0.717, 1.165) is 16.8 Å². The molecule has 0 saturated carbocycles. The van der Waals surface area contributed by atoms with Crippen molar-refractivity contribution in [3.05, 3.63) is 22.3 Å². The van der Waals surface area contributed by atoms with E-state index in [4.69, 9.17) is 11.6 Å². The highest BCUT2D eigenvalue weighted by atomic mass is 79.9. The van der Waals surface area contributed by atoms with Crippen LogP contribution in [0, 0.1) is 6.92 Å². The van der Waals surface area contributed by atoms with Gasteiger partial charge in [-0.2, -0.15) is 0 Å². The van der Waals surface area contributed by atoms with Crippen molar-refractivity contribution in [2.45, 2.75) is 25.8 Å². The van der Waals surface area contributed by atoms with Crippen molar-refractivity contribution in [2.24, 2.45) is 0 Å². The molecule has 2 rings (SSSR count). The van der Waals surface area contributed by atoms with Gasteiger partial charge < -0.3 is 4.90 Å². The molecule has 0 radical (unpaired) electrons. The average molecular weight is 290 g/mol. The summed E-state index contributed by atoms with van der Waals surface area (Å²) in [5.74, 6) is 1.71. The van der Waals surface area contributed by atoms with Crippen LogP contribution in [-0.4, -0.2) is 23.5 Å². The number of pyridine rings is 1. The highest BCUT2D eigenvalue weighted by Gasteiger charge is 2.26. The summed E-state index contributed by atoms with van der Waals surface area (Å²) in [7, 11) is 0. The molecule has 1 unspecified atom stereocenters. The van der Waals surface area contributed by atoms with Gasteiger partial charge in [0.05, 0.1) is 4.47 Å². The summed E-state index contributed by atoms with van der Waals surface area (Å²) in [5.41, 5.74) is 1.17. The lowest BCUT2D eigenvalue weighted by molar-refractivity contribution is 0.732. The maximum absolute atomic E-state index is 5.95. The van der Waals surface area contributed by atoms with Crippen molar-refractivity contribution < 1.29 is 0 Å². The summed E-state index contributed by atoms with van der Waals surface area (Å²) in [4.78, 5) is 6.78. The molecule has 0 amide bonds. The number of hydrogen-bond acceptors (Lipinski definition) is 2. The zero-order valence-electron chi connectivity index (χ0n) is 8.71. The third-order valence-corrected chi connectivity index (χ3v) is 3.73. The smallest absolute Gasteiger partial charge is 0.143 e. The van der Waals surface area contributed by atoms with Crippen LogP contribution in [0.5, 0.6) is 0 Å². The summed E-state index contributed by atoms with van der Waals surface area (Å²) < 4.78 is 1.07. The first-order valence-electron chi connectivity index (χ1n) is 5.17. The van der Waals surface area contributed by atoms with E-state index in [-0.39, 0.29) is 0 Å². The van der Waals surface area contributed by atoms with Crippen molar-refractivity contribution >= 4 is 33.3 Å². The van der Waals surface area contributed by atoms with Crippen molar-refractivity contribution in [3.63, 3.8) is 0 Å². The van der Waals surface area contributed by atoms with Crippen molar-refractivity contribution in [1.29, 1.82) is 0 Å². The molecule has 1 saturated heterocycles. The van der Waals surface area contributed by atoms with Gasteiger partial charge in [0, 0.05) is 24.7 Å². The number of alkyl halides is 1. The monoisotopic (exact) mass is 288 g/mol. The molecule has 0 bridgehead atoms. The lowest BCUT2D eigenvalue weighted by Crippen LogP contribution is -2.31. The van der Waals surface area contributed by atoms with Gasteiger partial charge in [0.2, 0.25) is 0 Å². The van der Waals surface area contributed by atoms with Gasteiger partial charge in [-0.15, -0.1) is 11.6 Å². The van der Waals surface area contributed by atoms with Crippen LogP contribution in [0.2, 0.25) is 0 Å². The van der Waals surface area contributed by atoms with Crippen LogP contribution in [0.25, 0.3) is 0 Å². The highest BCUT2D eigenvalue weighted by molar-refractivity contribution is 9.10. The summed E-state index contributed by atoms with van der Waals surface area (Å²) in [6.07, 6.45) is 4.29. The van der Waals surface area contributed by atoms with Crippen LogP contribution < -0.4 is 4.90 Å². The van der Waals surface area contributed by atoms with E-state index in [1.165, 1.54) is 18.4 Å². The Labute approximate surface area is 104 Å². The SMILES string of the molecule is Cc1cnc(N2CCCC2CCl)c(Br)c1. The fourth-order valence-electron chi connectivity index (χ4n) is 2.01. The molecule has 2 nitrogen and oxygen atoms in total. The van der Waals surface area contributed by atoms with Gasteiger partial charge in [-0.3, -0.25) is 0 Å². The van der Waals surface area contributed by atoms with E-state index in [0.29, 0.717) is 11.9 Å². The second-order valence-electron chi connectivity index (χ2n) is 3.96. The van der Waals surface area contributed by atoms with Gasteiger partial charge in [0.25, 0.3) is 0 Å². The number of halogens is 2. The number of nitrogens with zero attached hydrogens (tertiary/aromatic N) is 2. The zero-order chi connectivity index (χ0) is 10.8. The van der Waals surface area contributed by atoms with Crippen LogP contribution in [0.1, 0.15) is 18.4 Å². The van der Waals surface area contributed by atoms with Crippen molar-refractivity contribution in [1.82, 2.24) is 4.98 Å². The fourth-order valence-corrected chi connectivity index (χ4v) is 3.02. The van der Waals surface area contributed by atoms with Crippen LogP contribution in [0.3, 0.4) is 0 Å². The molecule has 0 aromatic carbocycles. The van der Waals surface area contributed by atoms with E-state index in [2.05, 4.69) is 31.9 Å². The minimum Gasteiger partial charge on any atom is -0.352 e. The van der Waals surface area contributed by atoms with Crippen molar-refractivity contribution in [2.75, 3.05) is 17.3 Å². The normalized spacial score (nSPS) is 21.0. The van der Waals surface area contributed by atoms with E-state index in [9.17, 15) is 0 Å². The lowest BCUT2D eigenvalue weighted by Gasteiger charge is -2.25. The fraction of sp³-hybridized carbons (Fsp3) is 0.545. The molecule has 0 aliphatic carbocycles. The van der Waals surface area contributed by atoms with Crippen LogP contribution in [-0.2, 0) is 0 Å². The van der Waals surface area contributed by atoms with E-state index in [1.54, 1.807) is 0 Å². The standard InChI is InChI=1S/C11H14BrClN2/c1-8-5-10(12)11(14-7-8)15-4-2-3-9(15)6-13/h5,7,9H,2-4,6H2,1H3. The molecule has 82 valence electrons. The third kappa shape index (κ3) is 2.28. The Morgan fingerprint density at radius 3 is 3.13 bits per heavy atom. The lowest BCUT2D eigenvalue weighted by atomic mass is 10.2. The van der Waals surface area contributed by atoms with Gasteiger partial charge in [0.15, 0.2) is 0 Å². The van der Waals surface area contributed by atoms with E-state index in [1.807, 2.05) is 13.1 Å². The first-order valence-corrected chi connectivity index (χ1v) is 6.50. The molecular formula is C11H14BrClN2. The number of anilines is 1. The zero-order valence-corrected chi connectivity index (χ0v) is 11.1. The van der Waals surface area contributed by atoms with Gasteiger partial charge in [-0.25, -0.2) is 4.98 Å². The Hall–Kier alpha value is -0.280. The third-order valence-electron chi connectivity index (χ3n) is 2.79. The average Bonchev–Trinajstić information content (AvgIpc) is 2.65. The highest BCUT2D eigenvalue weighted by Crippen LogP contribution is 2.30. The largest absolute Gasteiger partial charge is 0.352 e. The first kappa shape index (κ1) is 11.2. The van der Waals surface area contributed by atoms with Gasteiger partial charge in [-0.05, 0) is 47.3 Å². The second kappa shape index (κ2) is 4.71. The Balaban J connectivity index is 2.28. The number of aromatic nitrogens is 1. The number of hydrogen-bond donors (Lipinski definition) is 0. The molecule has 15 heavy (non-hydrogen) atoms. The van der Waals surface area contributed by atoms with Gasteiger partial charge in [-0.1, -0.05) is 0 Å². The van der Waals surface area contributed by atoms with E-state index < -0.39 is 0 Å². The summed E-state index contributed by atoms with van der Waals surface area (Å²) >= 11 is 9.52. The van der Waals surface area contributed by atoms with Crippen LogP contribution in [0.15, 0.2) is 16.7 Å². The molecule has 0 N–H and O–H groups in total. The molecule has 1 aromatic heterocycles. The Kier molecular flexibility index (Phi) is 3.52. The van der Waals surface area contributed by atoms with E-state index >= 15 is 0 Å². The molecule has 1 fully saturated rings. The molecule has 0 spiro atoms. The van der Waals surface area contributed by atoms with Crippen molar-refractivity contribution in [3.8, 4) is 0 Å².